The number of pyridine rings is 1. The van der Waals surface area contributed by atoms with Crippen LogP contribution < -0.4 is 5.56 Å². The minimum Gasteiger partial charge on any atom is -0.465 e. The van der Waals surface area contributed by atoms with E-state index in [1.165, 1.54) is 24.9 Å². The zero-order valence-electron chi connectivity index (χ0n) is 15.5. The van der Waals surface area contributed by atoms with E-state index in [0.717, 1.165) is 5.56 Å². The summed E-state index contributed by atoms with van der Waals surface area (Å²) < 4.78 is 10.0. The number of esters is 1. The van der Waals surface area contributed by atoms with Crippen molar-refractivity contribution in [3.8, 4) is 11.5 Å². The first-order valence-electron chi connectivity index (χ1n) is 8.56. The van der Waals surface area contributed by atoms with Crippen molar-refractivity contribution in [1.29, 1.82) is 0 Å². The third-order valence-corrected chi connectivity index (χ3v) is 4.88. The number of carbonyl (C=O) groups excluding carboxylic acids is 1. The molecule has 0 aliphatic heterocycles. The van der Waals surface area contributed by atoms with E-state index < -0.39 is 11.5 Å². The molecule has 0 fully saturated rings. The van der Waals surface area contributed by atoms with Crippen molar-refractivity contribution >= 4 is 28.8 Å². The topological polar surface area (TPSA) is 124 Å². The molecule has 3 aromatic heterocycles. The summed E-state index contributed by atoms with van der Waals surface area (Å²) in [5.41, 5.74) is 1.21. The van der Waals surface area contributed by atoms with Crippen molar-refractivity contribution in [2.45, 2.75) is 17.8 Å². The summed E-state index contributed by atoms with van der Waals surface area (Å²) in [6.45, 7) is 1.71. The lowest BCUT2D eigenvalue weighted by Gasteiger charge is -2.06. The minimum atomic E-state index is -0.617. The summed E-state index contributed by atoms with van der Waals surface area (Å²) in [5, 5.41) is 4.38. The largest absolute Gasteiger partial charge is 0.465 e. The molecule has 0 bridgehead atoms. The Kier molecular flexibility index (Phi) is 5.09. The first kappa shape index (κ1) is 18.8. The van der Waals surface area contributed by atoms with Gasteiger partial charge in [-0.05, 0) is 25.1 Å². The Bertz CT molecular complexity index is 1250. The lowest BCUT2D eigenvalue weighted by molar-refractivity contribution is 0.0602. The molecule has 9 nitrogen and oxygen atoms in total. The zero-order chi connectivity index (χ0) is 20.4. The molecule has 1 N–H and O–H groups in total. The summed E-state index contributed by atoms with van der Waals surface area (Å²) in [4.78, 5) is 40.2. The number of nitrogens with zero attached hydrogens (tertiary/aromatic N) is 4. The van der Waals surface area contributed by atoms with E-state index in [4.69, 9.17) is 9.26 Å². The van der Waals surface area contributed by atoms with Crippen LogP contribution in [0.2, 0.25) is 0 Å². The summed E-state index contributed by atoms with van der Waals surface area (Å²) >= 11 is 1.23. The highest BCUT2D eigenvalue weighted by molar-refractivity contribution is 7.98. The molecule has 0 unspecified atom stereocenters. The fourth-order valence-corrected chi connectivity index (χ4v) is 3.43. The molecule has 10 heteroatoms. The second-order valence-corrected chi connectivity index (χ2v) is 7.01. The number of nitrogens with one attached hydrogen (secondary N) is 1. The van der Waals surface area contributed by atoms with Gasteiger partial charge < -0.3 is 14.2 Å². The van der Waals surface area contributed by atoms with Crippen molar-refractivity contribution in [2.75, 3.05) is 7.11 Å². The van der Waals surface area contributed by atoms with E-state index in [-0.39, 0.29) is 16.6 Å². The van der Waals surface area contributed by atoms with E-state index in [2.05, 4.69) is 25.1 Å². The lowest BCUT2D eigenvalue weighted by Crippen LogP contribution is -2.16. The van der Waals surface area contributed by atoms with E-state index in [1.54, 1.807) is 6.92 Å². The molecular weight excluding hydrogens is 394 g/mol. The Balaban J connectivity index is 1.60. The van der Waals surface area contributed by atoms with Crippen molar-refractivity contribution in [2.24, 2.45) is 0 Å². The van der Waals surface area contributed by atoms with Gasteiger partial charge >= 0.3 is 5.97 Å². The van der Waals surface area contributed by atoms with Crippen molar-refractivity contribution in [3.05, 3.63) is 63.8 Å². The maximum atomic E-state index is 12.5. The second kappa shape index (κ2) is 7.84. The molecule has 4 aromatic rings. The van der Waals surface area contributed by atoms with Crippen LogP contribution in [-0.2, 0) is 10.5 Å². The molecule has 29 heavy (non-hydrogen) atoms. The van der Waals surface area contributed by atoms with Gasteiger partial charge in [0.1, 0.15) is 0 Å². The van der Waals surface area contributed by atoms with Gasteiger partial charge in [-0.15, -0.1) is 0 Å². The number of thioether (sulfide) groups is 1. The summed E-state index contributed by atoms with van der Waals surface area (Å²) in [6, 6.07) is 10.9. The van der Waals surface area contributed by atoms with Crippen LogP contribution in [0.15, 0.2) is 50.9 Å². The standard InChI is InChI=1S/C19H15N5O4S/c1-10-8-12(18(26)27-2)14-15(20-10)22-19(23-16(14)25)29-9-13-21-17(28-24-13)11-6-4-3-5-7-11/h3-8H,9H2,1-2H3,(H,20,22,23,25). The normalized spacial score (nSPS) is 11.0. The van der Waals surface area contributed by atoms with Gasteiger partial charge in [0.05, 0.1) is 23.8 Å². The summed E-state index contributed by atoms with van der Waals surface area (Å²) in [7, 11) is 1.25. The van der Waals surface area contributed by atoms with Gasteiger partial charge in [0, 0.05) is 11.3 Å². The fourth-order valence-electron chi connectivity index (χ4n) is 2.73. The third kappa shape index (κ3) is 3.87. The van der Waals surface area contributed by atoms with Gasteiger partial charge in [-0.25, -0.2) is 14.8 Å². The van der Waals surface area contributed by atoms with Crippen LogP contribution >= 0.6 is 11.8 Å². The first-order valence-corrected chi connectivity index (χ1v) is 9.54. The van der Waals surface area contributed by atoms with Crippen LogP contribution in [0.5, 0.6) is 0 Å². The Morgan fingerprint density at radius 3 is 2.76 bits per heavy atom. The molecule has 4 rings (SSSR count). The van der Waals surface area contributed by atoms with Gasteiger partial charge in [-0.3, -0.25) is 4.79 Å². The Morgan fingerprint density at radius 2 is 2.00 bits per heavy atom. The van der Waals surface area contributed by atoms with Gasteiger partial charge in [0.25, 0.3) is 11.4 Å². The molecule has 1 aromatic carbocycles. The molecule has 146 valence electrons. The molecule has 0 atom stereocenters. The number of H-pyrrole nitrogens is 1. The zero-order valence-corrected chi connectivity index (χ0v) is 16.3. The summed E-state index contributed by atoms with van der Waals surface area (Å²) in [6.07, 6.45) is 0. The number of rotatable bonds is 5. The molecular formula is C19H15N5O4S. The van der Waals surface area contributed by atoms with Gasteiger partial charge in [0.15, 0.2) is 16.6 Å². The Labute approximate surface area is 168 Å². The smallest absolute Gasteiger partial charge is 0.338 e. The predicted octanol–water partition coefficient (Wildman–Crippen LogP) is 2.76. The second-order valence-electron chi connectivity index (χ2n) is 6.04. The minimum absolute atomic E-state index is 0.0951. The third-order valence-electron chi connectivity index (χ3n) is 4.02. The number of carbonyl (C=O) groups is 1. The monoisotopic (exact) mass is 409 g/mol. The van der Waals surface area contributed by atoms with Crippen LogP contribution in [0.4, 0.5) is 0 Å². The SMILES string of the molecule is COC(=O)c1cc(C)nc2nc(SCc3noc(-c4ccccc4)n3)[nH]c(=O)c12. The van der Waals surface area contributed by atoms with E-state index >= 15 is 0 Å². The molecule has 0 aliphatic rings. The highest BCUT2D eigenvalue weighted by atomic mass is 32.2. The maximum absolute atomic E-state index is 12.5. The molecule has 0 aliphatic carbocycles. The highest BCUT2D eigenvalue weighted by Crippen LogP contribution is 2.22. The van der Waals surface area contributed by atoms with Crippen LogP contribution in [0.25, 0.3) is 22.5 Å². The van der Waals surface area contributed by atoms with Crippen LogP contribution in [0, 0.1) is 6.92 Å². The van der Waals surface area contributed by atoms with E-state index in [1.807, 2.05) is 30.3 Å². The van der Waals surface area contributed by atoms with Gasteiger partial charge in [-0.1, -0.05) is 35.1 Å². The molecule has 0 radical (unpaired) electrons. The molecule has 3 heterocycles. The Hall–Kier alpha value is -3.53. The number of methoxy groups -OCH3 is 1. The fraction of sp³-hybridized carbons (Fsp3) is 0.158. The number of fused-ring (bicyclic) bond motifs is 1. The average molecular weight is 409 g/mol. The van der Waals surface area contributed by atoms with Crippen LogP contribution in [-0.4, -0.2) is 38.2 Å². The van der Waals surface area contributed by atoms with Crippen LogP contribution in [0.1, 0.15) is 21.9 Å². The van der Waals surface area contributed by atoms with Gasteiger partial charge in [-0.2, -0.15) is 4.98 Å². The average Bonchev–Trinajstić information content (AvgIpc) is 3.20. The highest BCUT2D eigenvalue weighted by Gasteiger charge is 2.18. The number of aromatic amines is 1. The number of hydrogen-bond donors (Lipinski definition) is 1. The van der Waals surface area contributed by atoms with Crippen molar-refractivity contribution in [1.82, 2.24) is 25.1 Å². The van der Waals surface area contributed by atoms with Crippen molar-refractivity contribution < 1.29 is 14.1 Å². The summed E-state index contributed by atoms with van der Waals surface area (Å²) in [5.74, 6) is 0.596. The quantitative estimate of drug-likeness (QED) is 0.301. The Morgan fingerprint density at radius 1 is 1.21 bits per heavy atom. The molecule has 0 saturated carbocycles. The molecule has 0 saturated heterocycles. The van der Waals surface area contributed by atoms with E-state index in [9.17, 15) is 9.59 Å². The maximum Gasteiger partial charge on any atom is 0.338 e. The number of aryl methyl sites for hydroxylation is 1. The van der Waals surface area contributed by atoms with Gasteiger partial charge in [0.2, 0.25) is 0 Å². The number of benzene rings is 1. The number of ether oxygens (including phenoxy) is 1. The first-order chi connectivity index (χ1) is 14.0. The predicted molar refractivity (Wildman–Crippen MR) is 106 cm³/mol. The molecule has 0 amide bonds. The van der Waals surface area contributed by atoms with E-state index in [0.29, 0.717) is 28.3 Å². The molecule has 0 spiro atoms. The number of hydrogen-bond acceptors (Lipinski definition) is 9. The van der Waals surface area contributed by atoms with Crippen LogP contribution in [0.3, 0.4) is 0 Å². The lowest BCUT2D eigenvalue weighted by atomic mass is 10.1. The number of aromatic nitrogens is 5. The van der Waals surface area contributed by atoms with Crippen molar-refractivity contribution in [3.63, 3.8) is 0 Å².